The monoisotopic (exact) mass is 359 g/mol. The maximum absolute atomic E-state index is 12.5. The van der Waals surface area contributed by atoms with Gasteiger partial charge in [0, 0.05) is 17.6 Å². The molecule has 1 saturated heterocycles. The summed E-state index contributed by atoms with van der Waals surface area (Å²) >= 11 is 9.46. The van der Waals surface area contributed by atoms with Crippen LogP contribution in [0.25, 0.3) is 0 Å². The lowest BCUT2D eigenvalue weighted by Crippen LogP contribution is -2.42. The van der Waals surface area contributed by atoms with E-state index in [0.717, 1.165) is 12.8 Å². The summed E-state index contributed by atoms with van der Waals surface area (Å²) in [7, 11) is 1.37. The highest BCUT2D eigenvalue weighted by Gasteiger charge is 2.30. The molecule has 1 aliphatic rings. The standard InChI is InChI=1S/C14H15BrClNO3/c1-20-14(19)9-4-3-7-17(8-9)13(18)10-5-2-6-11(15)12(10)16/h2,5-6,9H,3-4,7-8H2,1H3/t9-/m0/s1. The van der Waals surface area contributed by atoms with Gasteiger partial charge >= 0.3 is 5.97 Å². The first-order valence-corrected chi connectivity index (χ1v) is 7.52. The van der Waals surface area contributed by atoms with Crippen molar-refractivity contribution < 1.29 is 14.3 Å². The molecule has 0 aliphatic carbocycles. The molecule has 1 aromatic rings. The van der Waals surface area contributed by atoms with Crippen molar-refractivity contribution in [2.24, 2.45) is 5.92 Å². The molecule has 108 valence electrons. The van der Waals surface area contributed by atoms with Gasteiger partial charge in [-0.1, -0.05) is 17.7 Å². The number of hydrogen-bond acceptors (Lipinski definition) is 3. The van der Waals surface area contributed by atoms with Gasteiger partial charge in [-0.05, 0) is 40.9 Å². The number of halogens is 2. The summed E-state index contributed by atoms with van der Waals surface area (Å²) in [4.78, 5) is 25.8. The minimum absolute atomic E-state index is 0.148. The second-order valence-electron chi connectivity index (χ2n) is 4.71. The van der Waals surface area contributed by atoms with Crippen LogP contribution >= 0.6 is 27.5 Å². The van der Waals surface area contributed by atoms with Crippen LogP contribution in [-0.4, -0.2) is 37.0 Å². The van der Waals surface area contributed by atoms with Crippen molar-refractivity contribution in [3.05, 3.63) is 33.3 Å². The van der Waals surface area contributed by atoms with Crippen molar-refractivity contribution >= 4 is 39.4 Å². The van der Waals surface area contributed by atoms with Crippen molar-refractivity contribution in [1.82, 2.24) is 4.90 Å². The summed E-state index contributed by atoms with van der Waals surface area (Å²) in [6.45, 7) is 1.02. The van der Waals surface area contributed by atoms with Crippen LogP contribution in [0.1, 0.15) is 23.2 Å². The minimum Gasteiger partial charge on any atom is -0.469 e. The fourth-order valence-corrected chi connectivity index (χ4v) is 2.93. The maximum Gasteiger partial charge on any atom is 0.310 e. The third-order valence-corrected chi connectivity index (χ3v) is 4.72. The van der Waals surface area contributed by atoms with Gasteiger partial charge in [-0.25, -0.2) is 0 Å². The number of likely N-dealkylation sites (tertiary alicyclic amines) is 1. The van der Waals surface area contributed by atoms with Crippen LogP contribution in [0.15, 0.2) is 22.7 Å². The van der Waals surface area contributed by atoms with Crippen LogP contribution in [0.5, 0.6) is 0 Å². The lowest BCUT2D eigenvalue weighted by Gasteiger charge is -2.31. The number of amides is 1. The number of nitrogens with zero attached hydrogens (tertiary/aromatic N) is 1. The van der Waals surface area contributed by atoms with E-state index in [2.05, 4.69) is 15.9 Å². The maximum atomic E-state index is 12.5. The predicted molar refractivity (Wildman–Crippen MR) is 79.8 cm³/mol. The molecular weight excluding hydrogens is 346 g/mol. The summed E-state index contributed by atoms with van der Waals surface area (Å²) < 4.78 is 5.44. The molecule has 0 saturated carbocycles. The smallest absolute Gasteiger partial charge is 0.310 e. The Morgan fingerprint density at radius 1 is 1.45 bits per heavy atom. The Bertz CT molecular complexity index is 535. The Morgan fingerprint density at radius 3 is 2.90 bits per heavy atom. The Labute approximate surface area is 131 Å². The molecule has 1 atom stereocenters. The van der Waals surface area contributed by atoms with E-state index in [1.54, 1.807) is 23.1 Å². The molecule has 1 heterocycles. The Hall–Kier alpha value is -1.07. The van der Waals surface area contributed by atoms with Gasteiger partial charge in [0.05, 0.1) is 23.6 Å². The Kier molecular flexibility index (Phi) is 5.05. The van der Waals surface area contributed by atoms with Crippen LogP contribution in [-0.2, 0) is 9.53 Å². The normalized spacial score (nSPS) is 18.8. The summed E-state index contributed by atoms with van der Waals surface area (Å²) in [5, 5.41) is 0.401. The van der Waals surface area contributed by atoms with Crippen molar-refractivity contribution in [3.63, 3.8) is 0 Å². The molecule has 0 radical (unpaired) electrons. The topological polar surface area (TPSA) is 46.6 Å². The second kappa shape index (κ2) is 6.59. The van der Waals surface area contributed by atoms with Gasteiger partial charge in [0.1, 0.15) is 0 Å². The van der Waals surface area contributed by atoms with Gasteiger partial charge in [-0.15, -0.1) is 0 Å². The largest absolute Gasteiger partial charge is 0.469 e. The van der Waals surface area contributed by atoms with E-state index in [4.69, 9.17) is 16.3 Å². The van der Waals surface area contributed by atoms with Crippen molar-refractivity contribution in [2.75, 3.05) is 20.2 Å². The number of benzene rings is 1. The first kappa shape index (κ1) is 15.3. The Balaban J connectivity index is 2.16. The molecule has 0 unspecified atom stereocenters. The van der Waals surface area contributed by atoms with Crippen LogP contribution in [0.2, 0.25) is 5.02 Å². The Morgan fingerprint density at radius 2 is 2.20 bits per heavy atom. The molecule has 0 N–H and O–H groups in total. The van der Waals surface area contributed by atoms with Gasteiger partial charge < -0.3 is 9.64 Å². The first-order valence-electron chi connectivity index (χ1n) is 6.35. The third kappa shape index (κ3) is 3.15. The fraction of sp³-hybridized carbons (Fsp3) is 0.429. The van der Waals surface area contributed by atoms with Crippen molar-refractivity contribution in [3.8, 4) is 0 Å². The van der Waals surface area contributed by atoms with Crippen molar-refractivity contribution in [2.45, 2.75) is 12.8 Å². The average Bonchev–Trinajstić information content (AvgIpc) is 2.48. The predicted octanol–water partition coefficient (Wildman–Crippen LogP) is 3.13. The molecule has 1 amide bonds. The zero-order valence-electron chi connectivity index (χ0n) is 11.1. The summed E-state index contributed by atoms with van der Waals surface area (Å²) in [6.07, 6.45) is 1.54. The van der Waals surface area contributed by atoms with Gasteiger partial charge in [0.25, 0.3) is 5.91 Å². The van der Waals surface area contributed by atoms with Crippen LogP contribution in [0, 0.1) is 5.92 Å². The first-order chi connectivity index (χ1) is 9.54. The second-order valence-corrected chi connectivity index (χ2v) is 5.95. The van der Waals surface area contributed by atoms with E-state index in [-0.39, 0.29) is 17.8 Å². The number of hydrogen-bond donors (Lipinski definition) is 0. The van der Waals surface area contributed by atoms with E-state index in [1.165, 1.54) is 7.11 Å². The highest BCUT2D eigenvalue weighted by molar-refractivity contribution is 9.10. The number of rotatable bonds is 2. The number of methoxy groups -OCH3 is 1. The molecule has 4 nitrogen and oxygen atoms in total. The van der Waals surface area contributed by atoms with E-state index in [0.29, 0.717) is 28.1 Å². The number of piperidine rings is 1. The number of carbonyl (C=O) groups is 2. The number of esters is 1. The van der Waals surface area contributed by atoms with E-state index < -0.39 is 0 Å². The average molecular weight is 361 g/mol. The molecule has 6 heteroatoms. The minimum atomic E-state index is -0.261. The molecule has 0 aromatic heterocycles. The fourth-order valence-electron chi connectivity index (χ4n) is 2.36. The highest BCUT2D eigenvalue weighted by Crippen LogP contribution is 2.28. The number of carbonyl (C=O) groups excluding carboxylic acids is 2. The zero-order valence-corrected chi connectivity index (χ0v) is 13.4. The van der Waals surface area contributed by atoms with Gasteiger partial charge in [0.2, 0.25) is 0 Å². The van der Waals surface area contributed by atoms with Crippen LogP contribution in [0.3, 0.4) is 0 Å². The SMILES string of the molecule is COC(=O)[C@H]1CCCN(C(=O)c2cccc(Br)c2Cl)C1. The van der Waals surface area contributed by atoms with Crippen molar-refractivity contribution in [1.29, 1.82) is 0 Å². The van der Waals surface area contributed by atoms with E-state index in [1.807, 2.05) is 0 Å². The van der Waals surface area contributed by atoms with Crippen LogP contribution in [0.4, 0.5) is 0 Å². The number of ether oxygens (including phenoxy) is 1. The quantitative estimate of drug-likeness (QED) is 0.761. The molecule has 0 bridgehead atoms. The lowest BCUT2D eigenvalue weighted by atomic mass is 9.97. The van der Waals surface area contributed by atoms with Gasteiger partial charge in [0.15, 0.2) is 0 Å². The van der Waals surface area contributed by atoms with Gasteiger partial charge in [-0.2, -0.15) is 0 Å². The summed E-state index contributed by atoms with van der Waals surface area (Å²) in [6, 6.07) is 5.24. The molecule has 0 spiro atoms. The molecule has 1 aromatic carbocycles. The lowest BCUT2D eigenvalue weighted by molar-refractivity contribution is -0.146. The zero-order chi connectivity index (χ0) is 14.7. The van der Waals surface area contributed by atoms with E-state index in [9.17, 15) is 9.59 Å². The highest BCUT2D eigenvalue weighted by atomic mass is 79.9. The molecule has 1 fully saturated rings. The summed E-state index contributed by atoms with van der Waals surface area (Å²) in [5.41, 5.74) is 0.451. The van der Waals surface area contributed by atoms with Crippen LogP contribution < -0.4 is 0 Å². The molecule has 2 rings (SSSR count). The third-order valence-electron chi connectivity index (χ3n) is 3.43. The molecule has 1 aliphatic heterocycles. The van der Waals surface area contributed by atoms with Gasteiger partial charge in [-0.3, -0.25) is 9.59 Å². The molecule has 20 heavy (non-hydrogen) atoms. The summed E-state index contributed by atoms with van der Waals surface area (Å²) in [5.74, 6) is -0.656. The van der Waals surface area contributed by atoms with E-state index >= 15 is 0 Å². The molecular formula is C14H15BrClNO3.